The number of fused-ring (bicyclic) bond motifs is 2. The van der Waals surface area contributed by atoms with Crippen molar-refractivity contribution in [3.05, 3.63) is 29.2 Å². The van der Waals surface area contributed by atoms with Gasteiger partial charge in [0.2, 0.25) is 0 Å². The number of nitrogens with one attached hydrogen (secondary N) is 1. The van der Waals surface area contributed by atoms with Gasteiger partial charge >= 0.3 is 0 Å². The lowest BCUT2D eigenvalue weighted by atomic mass is 9.58. The van der Waals surface area contributed by atoms with Crippen LogP contribution in [0, 0.1) is 5.41 Å². The van der Waals surface area contributed by atoms with Gasteiger partial charge in [-0.2, -0.15) is 0 Å². The minimum atomic E-state index is 0.0287. The molecule has 0 unspecified atom stereocenters. The molecule has 0 amide bonds. The predicted octanol–water partition coefficient (Wildman–Crippen LogP) is 2.43. The lowest BCUT2D eigenvalue weighted by Gasteiger charge is -2.47. The first kappa shape index (κ1) is 11.0. The SMILES string of the molecule is CC[C@@]1(C)C2=CCNC[C@]2(C)Cc2cnoc21. The van der Waals surface area contributed by atoms with Crippen LogP contribution < -0.4 is 5.32 Å². The van der Waals surface area contributed by atoms with Crippen molar-refractivity contribution in [2.24, 2.45) is 5.41 Å². The van der Waals surface area contributed by atoms with Gasteiger partial charge < -0.3 is 9.84 Å². The molecule has 0 saturated carbocycles. The molecule has 0 aromatic carbocycles. The molecule has 1 aliphatic carbocycles. The molecule has 0 spiro atoms. The summed E-state index contributed by atoms with van der Waals surface area (Å²) < 4.78 is 5.55. The standard InChI is InChI=1S/C14H20N2O/c1-4-14(3)11-5-6-15-9-13(11,2)7-10-8-16-17-12(10)14/h5,8,15H,4,6-7,9H2,1-3H3/t13-,14-/m0/s1. The Morgan fingerprint density at radius 3 is 3.06 bits per heavy atom. The maximum absolute atomic E-state index is 5.55. The summed E-state index contributed by atoms with van der Waals surface area (Å²) >= 11 is 0. The van der Waals surface area contributed by atoms with E-state index in [9.17, 15) is 0 Å². The normalized spacial score (nSPS) is 36.1. The zero-order chi connectivity index (χ0) is 12.1. The maximum atomic E-state index is 5.55. The van der Waals surface area contributed by atoms with Crippen LogP contribution in [-0.4, -0.2) is 18.2 Å². The molecule has 1 aromatic heterocycles. The van der Waals surface area contributed by atoms with Crippen molar-refractivity contribution >= 4 is 0 Å². The molecule has 17 heavy (non-hydrogen) atoms. The van der Waals surface area contributed by atoms with Crippen molar-refractivity contribution in [3.8, 4) is 0 Å². The molecular weight excluding hydrogens is 212 g/mol. The van der Waals surface area contributed by atoms with E-state index in [4.69, 9.17) is 4.52 Å². The minimum absolute atomic E-state index is 0.0287. The van der Waals surface area contributed by atoms with E-state index in [2.05, 4.69) is 37.3 Å². The smallest absolute Gasteiger partial charge is 0.149 e. The van der Waals surface area contributed by atoms with Gasteiger partial charge in [0.15, 0.2) is 0 Å². The predicted molar refractivity (Wildman–Crippen MR) is 66.9 cm³/mol. The van der Waals surface area contributed by atoms with Gasteiger partial charge in [-0.1, -0.05) is 30.7 Å². The Bertz CT molecular complexity index is 476. The van der Waals surface area contributed by atoms with Gasteiger partial charge in [-0.25, -0.2) is 0 Å². The third-order valence-electron chi connectivity index (χ3n) is 4.64. The fourth-order valence-corrected chi connectivity index (χ4v) is 3.65. The highest BCUT2D eigenvalue weighted by Gasteiger charge is 2.49. The zero-order valence-corrected chi connectivity index (χ0v) is 10.8. The van der Waals surface area contributed by atoms with E-state index in [-0.39, 0.29) is 10.8 Å². The van der Waals surface area contributed by atoms with E-state index in [1.165, 1.54) is 11.1 Å². The molecule has 1 aliphatic heterocycles. The van der Waals surface area contributed by atoms with Gasteiger partial charge in [0.05, 0.1) is 6.20 Å². The third kappa shape index (κ3) is 1.35. The topological polar surface area (TPSA) is 38.1 Å². The molecule has 3 rings (SSSR count). The summed E-state index contributed by atoms with van der Waals surface area (Å²) in [5.41, 5.74) is 3.08. The molecule has 0 radical (unpaired) electrons. The van der Waals surface area contributed by atoms with Crippen LogP contribution in [0.25, 0.3) is 0 Å². The van der Waals surface area contributed by atoms with Crippen molar-refractivity contribution in [2.45, 2.75) is 39.0 Å². The Morgan fingerprint density at radius 1 is 1.47 bits per heavy atom. The lowest BCUT2D eigenvalue weighted by Crippen LogP contribution is -2.48. The molecule has 0 fully saturated rings. The monoisotopic (exact) mass is 232 g/mol. The first-order valence-corrected chi connectivity index (χ1v) is 6.46. The van der Waals surface area contributed by atoms with E-state index < -0.39 is 0 Å². The van der Waals surface area contributed by atoms with Crippen molar-refractivity contribution in [3.63, 3.8) is 0 Å². The Morgan fingerprint density at radius 2 is 2.29 bits per heavy atom. The third-order valence-corrected chi connectivity index (χ3v) is 4.64. The molecule has 2 aliphatic rings. The number of aromatic nitrogens is 1. The van der Waals surface area contributed by atoms with Crippen LogP contribution in [0.3, 0.4) is 0 Å². The molecule has 3 nitrogen and oxygen atoms in total. The summed E-state index contributed by atoms with van der Waals surface area (Å²) in [4.78, 5) is 0. The molecule has 0 bridgehead atoms. The second-order valence-electron chi connectivity index (χ2n) is 5.85. The average molecular weight is 232 g/mol. The molecule has 2 atom stereocenters. The van der Waals surface area contributed by atoms with E-state index in [0.717, 1.165) is 31.7 Å². The van der Waals surface area contributed by atoms with E-state index >= 15 is 0 Å². The minimum Gasteiger partial charge on any atom is -0.360 e. The summed E-state index contributed by atoms with van der Waals surface area (Å²) in [5.74, 6) is 1.09. The number of hydrogen-bond acceptors (Lipinski definition) is 3. The van der Waals surface area contributed by atoms with Crippen LogP contribution in [0.15, 0.2) is 22.4 Å². The van der Waals surface area contributed by atoms with Crippen LogP contribution in [0.1, 0.15) is 38.5 Å². The van der Waals surface area contributed by atoms with Crippen LogP contribution in [0.4, 0.5) is 0 Å². The van der Waals surface area contributed by atoms with Gasteiger partial charge in [0, 0.05) is 29.5 Å². The van der Waals surface area contributed by atoms with E-state index in [1.54, 1.807) is 0 Å². The van der Waals surface area contributed by atoms with Crippen molar-refractivity contribution < 1.29 is 4.52 Å². The van der Waals surface area contributed by atoms with Crippen LogP contribution >= 0.6 is 0 Å². The van der Waals surface area contributed by atoms with Gasteiger partial charge in [-0.15, -0.1) is 0 Å². The molecule has 92 valence electrons. The second kappa shape index (κ2) is 3.45. The highest BCUT2D eigenvalue weighted by Crippen LogP contribution is 2.52. The second-order valence-corrected chi connectivity index (χ2v) is 5.85. The number of hydrogen-bond donors (Lipinski definition) is 1. The Balaban J connectivity index is 2.22. The van der Waals surface area contributed by atoms with Gasteiger partial charge in [-0.05, 0) is 19.8 Å². The molecule has 3 heteroatoms. The summed E-state index contributed by atoms with van der Waals surface area (Å²) in [7, 11) is 0. The summed E-state index contributed by atoms with van der Waals surface area (Å²) in [6.07, 6.45) is 6.37. The van der Waals surface area contributed by atoms with Crippen LogP contribution in [0.2, 0.25) is 0 Å². The van der Waals surface area contributed by atoms with Gasteiger partial charge in [0.1, 0.15) is 5.76 Å². The summed E-state index contributed by atoms with van der Waals surface area (Å²) in [6, 6.07) is 0. The van der Waals surface area contributed by atoms with E-state index in [1.807, 2.05) is 6.20 Å². The van der Waals surface area contributed by atoms with Gasteiger partial charge in [-0.3, -0.25) is 0 Å². The summed E-state index contributed by atoms with van der Waals surface area (Å²) in [6.45, 7) is 8.92. The fraction of sp³-hybridized carbons (Fsp3) is 0.643. The first-order valence-electron chi connectivity index (χ1n) is 6.46. The molecule has 0 saturated heterocycles. The molecular formula is C14H20N2O. The number of nitrogens with zero attached hydrogens (tertiary/aromatic N) is 1. The molecule has 1 aromatic rings. The lowest BCUT2D eigenvalue weighted by molar-refractivity contribution is 0.231. The van der Waals surface area contributed by atoms with Crippen molar-refractivity contribution in [1.29, 1.82) is 0 Å². The highest BCUT2D eigenvalue weighted by molar-refractivity contribution is 5.44. The fourth-order valence-electron chi connectivity index (χ4n) is 3.65. The molecule has 1 N–H and O–H groups in total. The number of rotatable bonds is 1. The van der Waals surface area contributed by atoms with Crippen molar-refractivity contribution in [1.82, 2.24) is 10.5 Å². The quantitative estimate of drug-likeness (QED) is 0.756. The maximum Gasteiger partial charge on any atom is 0.149 e. The Labute approximate surface area is 102 Å². The van der Waals surface area contributed by atoms with Gasteiger partial charge in [0.25, 0.3) is 0 Å². The summed E-state index contributed by atoms with van der Waals surface area (Å²) in [5, 5.41) is 7.50. The Kier molecular flexibility index (Phi) is 2.24. The highest BCUT2D eigenvalue weighted by atomic mass is 16.5. The largest absolute Gasteiger partial charge is 0.360 e. The zero-order valence-electron chi connectivity index (χ0n) is 10.8. The van der Waals surface area contributed by atoms with Crippen LogP contribution in [0.5, 0.6) is 0 Å². The first-order chi connectivity index (χ1) is 8.10. The van der Waals surface area contributed by atoms with E-state index in [0.29, 0.717) is 0 Å². The average Bonchev–Trinajstić information content (AvgIpc) is 2.77. The van der Waals surface area contributed by atoms with Crippen molar-refractivity contribution in [2.75, 3.05) is 13.1 Å². The molecule has 2 heterocycles. The Hall–Kier alpha value is -1.09. The van der Waals surface area contributed by atoms with Crippen LogP contribution in [-0.2, 0) is 11.8 Å².